The van der Waals surface area contributed by atoms with Crippen molar-refractivity contribution in [1.82, 2.24) is 4.90 Å². The van der Waals surface area contributed by atoms with Crippen molar-refractivity contribution in [3.8, 4) is 0 Å². The molecule has 4 rings (SSSR count). The Kier molecular flexibility index (Phi) is 18.4. The lowest BCUT2D eigenvalue weighted by Gasteiger charge is -2.58. The first-order valence-corrected chi connectivity index (χ1v) is 21.6. The molecule has 0 saturated heterocycles. The van der Waals surface area contributed by atoms with E-state index in [2.05, 4.69) is 75.3 Å². The highest BCUT2D eigenvalue weighted by Crippen LogP contribution is 2.67. The summed E-state index contributed by atoms with van der Waals surface area (Å²) >= 11 is 0. The topological polar surface area (TPSA) is 81.6 Å². The van der Waals surface area contributed by atoms with Crippen molar-refractivity contribution in [2.24, 2.45) is 63.7 Å². The summed E-state index contributed by atoms with van der Waals surface area (Å²) in [6.45, 7) is 24.9. The van der Waals surface area contributed by atoms with Gasteiger partial charge in [0.15, 0.2) is 0 Å². The minimum Gasteiger partial charge on any atom is -0.446 e. The third-order valence-corrected chi connectivity index (χ3v) is 15.1. The van der Waals surface area contributed by atoms with E-state index in [0.29, 0.717) is 12.0 Å². The molecular weight excluding hydrogens is 685 g/mol. The van der Waals surface area contributed by atoms with Crippen LogP contribution in [-0.2, 0) is 4.74 Å². The molecule has 5 nitrogen and oxygen atoms in total. The van der Waals surface area contributed by atoms with E-state index in [-0.39, 0.29) is 53.5 Å². The third kappa shape index (κ3) is 12.3. The quantitative estimate of drug-likeness (QED) is 0.107. The molecule has 0 unspecified atom stereocenters. The van der Waals surface area contributed by atoms with Gasteiger partial charge in [0.05, 0.1) is 0 Å². The van der Waals surface area contributed by atoms with Crippen LogP contribution in [0.3, 0.4) is 0 Å². The maximum Gasteiger partial charge on any atom is 0.410 e. The molecule has 52 heavy (non-hydrogen) atoms. The number of halogens is 2. The molecule has 7 heteroatoms. The number of amides is 1. The van der Waals surface area contributed by atoms with E-state index < -0.39 is 0 Å². The maximum absolute atomic E-state index is 13.7. The standard InChI is InChI=1S/C45H83N3O2.2ClH/c1-11-34(32(2)3)18-17-33(4)38-21-22-39-37-20-19-35-31-36(23-26-44(35,9)40(37)24-27-45(38,39)10)50-41(49)48(30-28-43(7,8)47)29-16-14-12-13-15-25-42(5,6)46;;/h19,32-34,36-40H,11-18,20-31,46-47H2,1-10H3;2*1H/t33-,34-,36+,37+,38-,39+,40+,44+,45-;;/m1../s1. The fourth-order valence-corrected chi connectivity index (χ4v) is 11.7. The van der Waals surface area contributed by atoms with Crippen molar-refractivity contribution in [2.45, 2.75) is 202 Å². The Balaban J connectivity index is 0.00000468. The van der Waals surface area contributed by atoms with Gasteiger partial charge < -0.3 is 21.1 Å². The fourth-order valence-electron chi connectivity index (χ4n) is 11.7. The Morgan fingerprint density at radius 3 is 2.15 bits per heavy atom. The van der Waals surface area contributed by atoms with Gasteiger partial charge in [0.1, 0.15) is 6.10 Å². The molecule has 1 amide bonds. The predicted molar refractivity (Wildman–Crippen MR) is 227 cm³/mol. The molecule has 0 aromatic rings. The summed E-state index contributed by atoms with van der Waals surface area (Å²) in [6.07, 6.45) is 24.2. The second-order valence-corrected chi connectivity index (χ2v) is 20.4. The number of hydrogen-bond acceptors (Lipinski definition) is 4. The van der Waals surface area contributed by atoms with Gasteiger partial charge in [0, 0.05) is 30.6 Å². The number of hydrogen-bond donors (Lipinski definition) is 2. The smallest absolute Gasteiger partial charge is 0.410 e. The van der Waals surface area contributed by atoms with Gasteiger partial charge in [-0.25, -0.2) is 4.79 Å². The van der Waals surface area contributed by atoms with Gasteiger partial charge in [-0.3, -0.25) is 0 Å². The average molecular weight is 771 g/mol. The predicted octanol–water partition coefficient (Wildman–Crippen LogP) is 12.5. The van der Waals surface area contributed by atoms with E-state index in [9.17, 15) is 4.79 Å². The number of unbranched alkanes of at least 4 members (excludes halogenated alkanes) is 4. The van der Waals surface area contributed by atoms with Crippen molar-refractivity contribution < 1.29 is 9.53 Å². The van der Waals surface area contributed by atoms with Crippen LogP contribution < -0.4 is 11.5 Å². The molecule has 0 radical (unpaired) electrons. The number of fused-ring (bicyclic) bond motifs is 5. The van der Waals surface area contributed by atoms with Crippen molar-refractivity contribution in [2.75, 3.05) is 13.1 Å². The molecule has 0 bridgehead atoms. The van der Waals surface area contributed by atoms with E-state index in [4.69, 9.17) is 16.2 Å². The van der Waals surface area contributed by atoms with Crippen LogP contribution >= 0.6 is 24.8 Å². The number of carbonyl (C=O) groups is 1. The summed E-state index contributed by atoms with van der Waals surface area (Å²) in [5.74, 6) is 5.91. The molecule has 0 spiro atoms. The Labute approximate surface area is 334 Å². The third-order valence-electron chi connectivity index (χ3n) is 15.1. The molecule has 0 aromatic heterocycles. The van der Waals surface area contributed by atoms with Crippen molar-refractivity contribution in [3.05, 3.63) is 11.6 Å². The van der Waals surface area contributed by atoms with Gasteiger partial charge in [-0.15, -0.1) is 24.8 Å². The number of carbonyl (C=O) groups excluding carboxylic acids is 1. The molecule has 306 valence electrons. The molecule has 0 aromatic carbocycles. The second-order valence-electron chi connectivity index (χ2n) is 20.4. The number of rotatable bonds is 18. The largest absolute Gasteiger partial charge is 0.446 e. The molecular formula is C45H85Cl2N3O2. The molecule has 3 fully saturated rings. The summed E-state index contributed by atoms with van der Waals surface area (Å²) in [7, 11) is 0. The van der Waals surface area contributed by atoms with E-state index in [1.165, 1.54) is 70.6 Å². The van der Waals surface area contributed by atoms with Crippen molar-refractivity contribution in [1.29, 1.82) is 0 Å². The van der Waals surface area contributed by atoms with E-state index in [0.717, 1.165) is 92.9 Å². The first kappa shape index (κ1) is 47.7. The molecule has 0 heterocycles. The van der Waals surface area contributed by atoms with Crippen LogP contribution in [0.1, 0.15) is 185 Å². The Morgan fingerprint density at radius 1 is 0.865 bits per heavy atom. The van der Waals surface area contributed by atoms with Gasteiger partial charge in [-0.1, -0.05) is 91.7 Å². The molecule has 3 saturated carbocycles. The first-order valence-electron chi connectivity index (χ1n) is 21.6. The normalized spacial score (nSPS) is 31.2. The SMILES string of the molecule is CC[C@H](CC[C@@H](C)[C@H]1CC[C@H]2[C@@H]3CC=C4C[C@@H](OC(=O)N(CCCCCCCC(C)(C)N)CCC(C)(C)N)CC[C@]4(C)[C@H]3CC[C@]12C)C(C)C.Cl.Cl. The molecule has 4 N–H and O–H groups in total. The Morgan fingerprint density at radius 2 is 1.52 bits per heavy atom. The van der Waals surface area contributed by atoms with Crippen molar-refractivity contribution >= 4 is 30.9 Å². The maximum atomic E-state index is 13.7. The second kappa shape index (κ2) is 20.1. The van der Waals surface area contributed by atoms with Gasteiger partial charge in [-0.05, 0) is 151 Å². The van der Waals surface area contributed by atoms with Crippen LogP contribution in [0.15, 0.2) is 11.6 Å². The zero-order valence-electron chi connectivity index (χ0n) is 35.6. The van der Waals surface area contributed by atoms with Gasteiger partial charge in [-0.2, -0.15) is 0 Å². The Bertz CT molecular complexity index is 1110. The summed E-state index contributed by atoms with van der Waals surface area (Å²) < 4.78 is 6.36. The van der Waals surface area contributed by atoms with Crippen LogP contribution in [0.2, 0.25) is 0 Å². The number of nitrogens with zero attached hydrogens (tertiary/aromatic N) is 1. The fraction of sp³-hybridized carbons (Fsp3) is 0.933. The lowest BCUT2D eigenvalue weighted by Crippen LogP contribution is -2.51. The first-order chi connectivity index (χ1) is 23.4. The molecule has 4 aliphatic rings. The summed E-state index contributed by atoms with van der Waals surface area (Å²) in [5, 5.41) is 0. The van der Waals surface area contributed by atoms with Gasteiger partial charge in [0.2, 0.25) is 0 Å². The zero-order chi connectivity index (χ0) is 36.9. The van der Waals surface area contributed by atoms with Gasteiger partial charge in [0.25, 0.3) is 0 Å². The Hall–Kier alpha value is -0.490. The molecule has 0 aliphatic heterocycles. The highest BCUT2D eigenvalue weighted by molar-refractivity contribution is 5.85. The highest BCUT2D eigenvalue weighted by atomic mass is 35.5. The van der Waals surface area contributed by atoms with E-state index >= 15 is 0 Å². The monoisotopic (exact) mass is 770 g/mol. The van der Waals surface area contributed by atoms with Crippen LogP contribution in [0.5, 0.6) is 0 Å². The van der Waals surface area contributed by atoms with E-state index in [1.54, 1.807) is 5.57 Å². The van der Waals surface area contributed by atoms with Gasteiger partial charge >= 0.3 is 6.09 Å². The van der Waals surface area contributed by atoms with Crippen molar-refractivity contribution in [3.63, 3.8) is 0 Å². The highest BCUT2D eigenvalue weighted by Gasteiger charge is 2.59. The minimum absolute atomic E-state index is 0. The lowest BCUT2D eigenvalue weighted by molar-refractivity contribution is -0.0596. The van der Waals surface area contributed by atoms with Crippen LogP contribution in [0.25, 0.3) is 0 Å². The van der Waals surface area contributed by atoms with Crippen LogP contribution in [-0.4, -0.2) is 41.3 Å². The van der Waals surface area contributed by atoms with Crippen LogP contribution in [0, 0.1) is 52.3 Å². The number of ether oxygens (including phenoxy) is 1. The number of allylic oxidation sites excluding steroid dienone is 1. The summed E-state index contributed by atoms with van der Waals surface area (Å²) in [6, 6.07) is 0. The zero-order valence-corrected chi connectivity index (χ0v) is 37.2. The van der Waals surface area contributed by atoms with Crippen LogP contribution in [0.4, 0.5) is 4.79 Å². The minimum atomic E-state index is -0.303. The summed E-state index contributed by atoms with van der Waals surface area (Å²) in [4.78, 5) is 15.6. The molecule has 9 atom stereocenters. The molecule has 4 aliphatic carbocycles. The summed E-state index contributed by atoms with van der Waals surface area (Å²) in [5.41, 5.74) is 14.5. The number of nitrogens with two attached hydrogens (primary N) is 2. The van der Waals surface area contributed by atoms with E-state index in [1.807, 2.05) is 4.90 Å². The average Bonchev–Trinajstić information content (AvgIpc) is 3.38. The lowest BCUT2D eigenvalue weighted by atomic mass is 9.47.